The standard InChI is InChI=1S/C20H17F2N3O3.C11H8ClFN2O.C8H9FN2O2.ClH/c1-27-18-4-3-12(21)8-14(18)17-9-13(24-10-25-17)5-11-6-15(20(23)26)19(28-2)16(22)7-11;1-16-10-3-2-7(13)4-8(10)9-5-11(12)15-6-14-9;1-13-7-5(8(11)12)2-4(10)3-6(7)9;/h3-4,6-10H,5H2,1-2H3,(H2,23,26);2-6H,1H3;2-3H,10H2,1H3,(H2,11,12);1H. The molecule has 0 saturated heterocycles. The van der Waals surface area contributed by atoms with Crippen molar-refractivity contribution < 1.29 is 64.2 Å². The Bertz CT molecular complexity index is 2410. The van der Waals surface area contributed by atoms with Crippen LogP contribution in [0.15, 0.2) is 85.5 Å². The molecule has 0 aliphatic carbocycles. The molecule has 0 bridgehead atoms. The summed E-state index contributed by atoms with van der Waals surface area (Å²) in [4.78, 5) is 38.6. The summed E-state index contributed by atoms with van der Waals surface area (Å²) in [5, 5.41) is 0.302. The van der Waals surface area contributed by atoms with E-state index in [1.165, 1.54) is 89.6 Å². The Morgan fingerprint density at radius 1 is 0.672 bits per heavy atom. The minimum atomic E-state index is -0.800. The number of carbonyl (C=O) groups excluding carboxylic acids is 2. The molecular formula is C39H35Cl2F4N7O6. The van der Waals surface area contributed by atoms with Crippen molar-refractivity contribution in [3.8, 4) is 45.5 Å². The average molecular weight is 845 g/mol. The van der Waals surface area contributed by atoms with Gasteiger partial charge in [-0.2, -0.15) is 0 Å². The fourth-order valence-electron chi connectivity index (χ4n) is 5.26. The second-order valence-corrected chi connectivity index (χ2v) is 11.9. The van der Waals surface area contributed by atoms with E-state index in [4.69, 9.17) is 42.0 Å². The predicted molar refractivity (Wildman–Crippen MR) is 202 cm³/mol. The van der Waals surface area contributed by atoms with Gasteiger partial charge in [0.1, 0.15) is 46.5 Å². The molecule has 7 N–H and O–H groups in total. The number of carbonyl (C=O) groups is 2. The Labute approximate surface area is 340 Å². The number of amides is 2. The van der Waals surface area contributed by atoms with Gasteiger partial charge in [0.15, 0.2) is 23.1 Å². The molecule has 6 aromatic rings. The molecule has 0 radical (unpaired) electrons. The van der Waals surface area contributed by atoms with Gasteiger partial charge in [0, 0.05) is 41.1 Å². The summed E-state index contributed by atoms with van der Waals surface area (Å²) in [6, 6.07) is 16.6. The highest BCUT2D eigenvalue weighted by molar-refractivity contribution is 6.29. The van der Waals surface area contributed by atoms with E-state index >= 15 is 0 Å². The number of hydrogen-bond acceptors (Lipinski definition) is 11. The zero-order valence-corrected chi connectivity index (χ0v) is 32.7. The highest BCUT2D eigenvalue weighted by atomic mass is 35.5. The van der Waals surface area contributed by atoms with Crippen molar-refractivity contribution in [1.29, 1.82) is 0 Å². The van der Waals surface area contributed by atoms with E-state index in [0.29, 0.717) is 50.4 Å². The Balaban J connectivity index is 0.000000254. The zero-order chi connectivity index (χ0) is 41.8. The molecule has 0 unspecified atom stereocenters. The maximum absolute atomic E-state index is 14.2. The number of nitrogens with zero attached hydrogens (tertiary/aromatic N) is 4. The molecule has 0 saturated carbocycles. The number of halogens is 6. The van der Waals surface area contributed by atoms with Crippen LogP contribution in [0.5, 0.6) is 23.0 Å². The normalized spacial score (nSPS) is 10.1. The Hall–Kier alpha value is -6.56. The molecule has 0 fully saturated rings. The summed E-state index contributed by atoms with van der Waals surface area (Å²) in [6.45, 7) is 0. The molecule has 2 aromatic heterocycles. The van der Waals surface area contributed by atoms with Gasteiger partial charge in [-0.05, 0) is 66.2 Å². The quantitative estimate of drug-likeness (QED) is 0.104. The molecule has 2 amide bonds. The Morgan fingerprint density at radius 2 is 1.19 bits per heavy atom. The number of nitrogens with two attached hydrogens (primary N) is 2. The lowest BCUT2D eigenvalue weighted by atomic mass is 10.0. The third-order valence-electron chi connectivity index (χ3n) is 7.76. The zero-order valence-electron chi connectivity index (χ0n) is 31.2. The summed E-state index contributed by atoms with van der Waals surface area (Å²) in [7, 11) is 5.53. The van der Waals surface area contributed by atoms with E-state index in [9.17, 15) is 27.2 Å². The van der Waals surface area contributed by atoms with Gasteiger partial charge in [0.05, 0.1) is 45.4 Å². The molecule has 2 heterocycles. The SMILES string of the molecule is COc1c(F)cc(N)cc1C([NH3+])=O.COc1ccc(F)cc1-c1cc(Cc2cc(F)c(OC)c(C(N)=O)c2)ncn1.COc1ccc(F)cc1-c1cc(Cl)ncn1.[Cl-]. The van der Waals surface area contributed by atoms with Gasteiger partial charge < -0.3 is 42.8 Å². The number of benzene rings is 4. The van der Waals surface area contributed by atoms with Crippen LogP contribution in [0.3, 0.4) is 0 Å². The lowest BCUT2D eigenvalue weighted by Crippen LogP contribution is -3.00. The van der Waals surface area contributed by atoms with Crippen molar-refractivity contribution in [3.05, 3.63) is 136 Å². The molecule has 0 spiro atoms. The molecule has 4 aromatic carbocycles. The molecule has 0 aliphatic heterocycles. The first-order valence-corrected chi connectivity index (χ1v) is 16.7. The number of nitrogen functional groups attached to an aromatic ring is 1. The molecule has 58 heavy (non-hydrogen) atoms. The van der Waals surface area contributed by atoms with E-state index in [1.807, 2.05) is 0 Å². The van der Waals surface area contributed by atoms with Crippen LogP contribution >= 0.6 is 11.6 Å². The van der Waals surface area contributed by atoms with Crippen molar-refractivity contribution >= 4 is 29.1 Å². The molecular weight excluding hydrogens is 809 g/mol. The van der Waals surface area contributed by atoms with E-state index in [1.54, 1.807) is 18.2 Å². The maximum atomic E-state index is 14.2. The molecule has 13 nitrogen and oxygen atoms in total. The van der Waals surface area contributed by atoms with Crippen LogP contribution in [0.25, 0.3) is 22.5 Å². The average Bonchev–Trinajstić information content (AvgIpc) is 3.18. The van der Waals surface area contributed by atoms with E-state index in [0.717, 1.165) is 6.07 Å². The third kappa shape index (κ3) is 11.7. The van der Waals surface area contributed by atoms with Crippen molar-refractivity contribution in [3.63, 3.8) is 0 Å². The smallest absolute Gasteiger partial charge is 0.344 e. The number of aromatic nitrogens is 4. The number of methoxy groups -OCH3 is 4. The Morgan fingerprint density at radius 3 is 1.69 bits per heavy atom. The minimum absolute atomic E-state index is 0. The summed E-state index contributed by atoms with van der Waals surface area (Å²) in [5.41, 5.74) is 17.0. The first-order chi connectivity index (χ1) is 27.2. The maximum Gasteiger partial charge on any atom is 0.344 e. The highest BCUT2D eigenvalue weighted by Crippen LogP contribution is 2.32. The monoisotopic (exact) mass is 843 g/mol. The molecule has 19 heteroatoms. The number of ether oxygens (including phenoxy) is 4. The number of rotatable bonds is 10. The molecule has 6 rings (SSSR count). The number of quaternary nitrogens is 1. The van der Waals surface area contributed by atoms with Crippen LogP contribution in [0.4, 0.5) is 23.2 Å². The predicted octanol–water partition coefficient (Wildman–Crippen LogP) is 2.88. The number of primary amides is 1. The largest absolute Gasteiger partial charge is 1.00 e. The van der Waals surface area contributed by atoms with Crippen molar-refractivity contribution in [2.45, 2.75) is 6.42 Å². The lowest BCUT2D eigenvalue weighted by molar-refractivity contribution is -0.255. The number of hydrogen-bond donors (Lipinski definition) is 3. The van der Waals surface area contributed by atoms with Crippen molar-refractivity contribution in [2.75, 3.05) is 34.2 Å². The van der Waals surface area contributed by atoms with Crippen LogP contribution in [-0.2, 0) is 6.42 Å². The van der Waals surface area contributed by atoms with Gasteiger partial charge in [0.2, 0.25) is 0 Å². The summed E-state index contributed by atoms with van der Waals surface area (Å²) in [6.07, 6.45) is 2.85. The third-order valence-corrected chi connectivity index (χ3v) is 7.97. The van der Waals surface area contributed by atoms with Crippen molar-refractivity contribution in [2.24, 2.45) is 5.73 Å². The van der Waals surface area contributed by atoms with Gasteiger partial charge in [-0.25, -0.2) is 42.3 Å². The van der Waals surface area contributed by atoms with Crippen molar-refractivity contribution in [1.82, 2.24) is 19.9 Å². The van der Waals surface area contributed by atoms with Crippen LogP contribution in [0.1, 0.15) is 32.0 Å². The van der Waals surface area contributed by atoms with Gasteiger partial charge in [0.25, 0.3) is 5.91 Å². The highest BCUT2D eigenvalue weighted by Gasteiger charge is 2.18. The molecule has 0 aliphatic rings. The van der Waals surface area contributed by atoms with E-state index < -0.39 is 29.3 Å². The second-order valence-electron chi connectivity index (χ2n) is 11.5. The van der Waals surface area contributed by atoms with Gasteiger partial charge in [-0.1, -0.05) is 11.6 Å². The first-order valence-electron chi connectivity index (χ1n) is 16.3. The van der Waals surface area contributed by atoms with E-state index in [2.05, 4.69) is 25.7 Å². The van der Waals surface area contributed by atoms with Crippen LogP contribution in [0.2, 0.25) is 5.15 Å². The lowest BCUT2D eigenvalue weighted by Gasteiger charge is -2.11. The summed E-state index contributed by atoms with van der Waals surface area (Å²) >= 11 is 5.74. The number of anilines is 1. The van der Waals surface area contributed by atoms with Crippen LogP contribution in [0, 0.1) is 23.3 Å². The fourth-order valence-corrected chi connectivity index (χ4v) is 5.41. The minimum Gasteiger partial charge on any atom is -1.00 e. The fraction of sp³-hybridized carbons (Fsp3) is 0.128. The summed E-state index contributed by atoms with van der Waals surface area (Å²) < 4.78 is 74.1. The first kappa shape index (κ1) is 45.8. The van der Waals surface area contributed by atoms with Crippen LogP contribution < -0.4 is 48.6 Å². The topological polar surface area (TPSA) is 202 Å². The summed E-state index contributed by atoms with van der Waals surface area (Å²) in [5.74, 6) is -2.80. The Kier molecular flexibility index (Phi) is 16.7. The molecule has 0 atom stereocenters. The van der Waals surface area contributed by atoms with Gasteiger partial charge in [-0.15, -0.1) is 0 Å². The van der Waals surface area contributed by atoms with Gasteiger partial charge in [-0.3, -0.25) is 10.5 Å². The van der Waals surface area contributed by atoms with Crippen LogP contribution in [-0.4, -0.2) is 60.2 Å². The van der Waals surface area contributed by atoms with Gasteiger partial charge >= 0.3 is 5.91 Å². The van der Waals surface area contributed by atoms with E-state index in [-0.39, 0.29) is 53.0 Å². The second kappa shape index (κ2) is 21.1. The molecule has 304 valence electrons.